The summed E-state index contributed by atoms with van der Waals surface area (Å²) in [6.07, 6.45) is 0. The van der Waals surface area contributed by atoms with E-state index in [1.54, 1.807) is 4.57 Å². The lowest BCUT2D eigenvalue weighted by Crippen LogP contribution is -2.23. The van der Waals surface area contributed by atoms with Gasteiger partial charge in [-0.2, -0.15) is 0 Å². The lowest BCUT2D eigenvalue weighted by molar-refractivity contribution is 0.103. The Morgan fingerprint density at radius 2 is 1.83 bits per heavy atom. The fraction of sp³-hybridized carbons (Fsp3) is 0.318. The zero-order valence-electron chi connectivity index (χ0n) is 17.0. The predicted molar refractivity (Wildman–Crippen MR) is 119 cm³/mol. The second-order valence-corrected chi connectivity index (χ2v) is 8.24. The van der Waals surface area contributed by atoms with Crippen molar-refractivity contribution >= 4 is 28.4 Å². The Kier molecular flexibility index (Phi) is 6.17. The number of rotatable bonds is 8. The van der Waals surface area contributed by atoms with Gasteiger partial charge in [-0.3, -0.25) is 9.20 Å². The number of benzene rings is 2. The molecule has 0 aliphatic rings. The lowest BCUT2D eigenvalue weighted by Gasteiger charge is -2.16. The summed E-state index contributed by atoms with van der Waals surface area (Å²) >= 11 is 1.51. The highest BCUT2D eigenvalue weighted by Gasteiger charge is 2.19. The van der Waals surface area contributed by atoms with E-state index in [2.05, 4.69) is 24.0 Å². The number of thioether (sulfide) groups is 1. The van der Waals surface area contributed by atoms with Crippen LogP contribution >= 0.6 is 11.8 Å². The van der Waals surface area contributed by atoms with E-state index in [0.29, 0.717) is 35.3 Å². The molecule has 30 heavy (non-hydrogen) atoms. The monoisotopic (exact) mass is 424 g/mol. The van der Waals surface area contributed by atoms with Crippen LogP contribution in [0.25, 0.3) is 22.4 Å². The van der Waals surface area contributed by atoms with Crippen molar-refractivity contribution in [3.05, 3.63) is 64.4 Å². The second kappa shape index (κ2) is 8.99. The van der Waals surface area contributed by atoms with Crippen LogP contribution in [0.2, 0.25) is 0 Å². The Hall–Kier alpha value is -2.68. The summed E-state index contributed by atoms with van der Waals surface area (Å²) in [5.41, 5.74) is 2.57. The Labute approximate surface area is 178 Å². The first kappa shape index (κ1) is 20.6. The molecule has 0 saturated heterocycles. The van der Waals surface area contributed by atoms with Crippen molar-refractivity contribution in [2.75, 3.05) is 25.6 Å². The number of nitrogens with zero attached hydrogens (tertiary/aromatic N) is 4. The first-order chi connectivity index (χ1) is 14.6. The number of ether oxygens (including phenoxy) is 1. The Morgan fingerprint density at radius 3 is 2.63 bits per heavy atom. The average Bonchev–Trinajstić information content (AvgIpc) is 3.18. The number of fused-ring (bicyclic) bond motifs is 3. The first-order valence-corrected chi connectivity index (χ1v) is 10.9. The van der Waals surface area contributed by atoms with Crippen molar-refractivity contribution in [2.24, 2.45) is 0 Å². The molecule has 0 aliphatic carbocycles. The average molecular weight is 425 g/mol. The molecule has 2 aromatic heterocycles. The smallest absolute Gasteiger partial charge is 0.267 e. The Morgan fingerprint density at radius 1 is 1.07 bits per heavy atom. The lowest BCUT2D eigenvalue weighted by atomic mass is 10.0. The van der Waals surface area contributed by atoms with Crippen LogP contribution in [0.1, 0.15) is 25.3 Å². The van der Waals surface area contributed by atoms with E-state index >= 15 is 0 Å². The molecule has 0 amide bonds. The summed E-state index contributed by atoms with van der Waals surface area (Å²) in [6, 6.07) is 15.4. The van der Waals surface area contributed by atoms with Crippen molar-refractivity contribution in [1.82, 2.24) is 19.2 Å². The molecular formula is C22H24N4O3S. The minimum Gasteiger partial charge on any atom is -0.394 e. The van der Waals surface area contributed by atoms with Crippen LogP contribution < -0.4 is 5.56 Å². The standard InChI is InChI=1S/C22H24N4O3S/c1-15(2)16-7-3-5-9-18(16)25-20(28)17-8-4-6-10-19(17)26-21(25)23-24-22(26)30-14-13-29-12-11-27/h3-10,15,27H,11-14H2,1-2H3. The number of aromatic nitrogens is 4. The molecule has 1 N–H and O–H groups in total. The molecule has 0 saturated carbocycles. The minimum absolute atomic E-state index is 0.00467. The van der Waals surface area contributed by atoms with Crippen LogP contribution in [0.3, 0.4) is 0 Å². The van der Waals surface area contributed by atoms with Gasteiger partial charge in [-0.1, -0.05) is 55.9 Å². The van der Waals surface area contributed by atoms with Gasteiger partial charge in [0.15, 0.2) is 5.16 Å². The molecule has 4 rings (SSSR count). The van der Waals surface area contributed by atoms with Gasteiger partial charge in [-0.25, -0.2) is 4.57 Å². The maximum Gasteiger partial charge on any atom is 0.267 e. The largest absolute Gasteiger partial charge is 0.394 e. The molecule has 0 fully saturated rings. The topological polar surface area (TPSA) is 81.7 Å². The molecule has 7 nitrogen and oxygen atoms in total. The zero-order chi connectivity index (χ0) is 21.1. The molecule has 8 heteroatoms. The first-order valence-electron chi connectivity index (χ1n) is 9.93. The molecule has 2 heterocycles. The molecule has 156 valence electrons. The molecular weight excluding hydrogens is 400 g/mol. The highest BCUT2D eigenvalue weighted by molar-refractivity contribution is 7.99. The van der Waals surface area contributed by atoms with E-state index in [1.165, 1.54) is 11.8 Å². The van der Waals surface area contributed by atoms with Crippen molar-refractivity contribution in [3.8, 4) is 5.69 Å². The third-order valence-electron chi connectivity index (χ3n) is 4.89. The fourth-order valence-electron chi connectivity index (χ4n) is 3.53. The molecule has 0 radical (unpaired) electrons. The predicted octanol–water partition coefficient (Wildman–Crippen LogP) is 3.26. The summed E-state index contributed by atoms with van der Waals surface area (Å²) in [5.74, 6) is 1.40. The maximum absolute atomic E-state index is 13.5. The van der Waals surface area contributed by atoms with Gasteiger partial charge in [0.1, 0.15) is 0 Å². The van der Waals surface area contributed by atoms with Gasteiger partial charge in [0.25, 0.3) is 5.56 Å². The number of hydrogen-bond donors (Lipinski definition) is 1. The second-order valence-electron chi connectivity index (χ2n) is 7.17. The van der Waals surface area contributed by atoms with E-state index in [1.807, 2.05) is 52.9 Å². The highest BCUT2D eigenvalue weighted by Crippen LogP contribution is 2.26. The van der Waals surface area contributed by atoms with Crippen molar-refractivity contribution in [2.45, 2.75) is 24.9 Å². The van der Waals surface area contributed by atoms with Gasteiger partial charge in [0, 0.05) is 5.75 Å². The third-order valence-corrected chi connectivity index (χ3v) is 5.78. The van der Waals surface area contributed by atoms with Crippen molar-refractivity contribution < 1.29 is 9.84 Å². The number of para-hydroxylation sites is 2. The van der Waals surface area contributed by atoms with Crippen LogP contribution in [0.15, 0.2) is 58.5 Å². The van der Waals surface area contributed by atoms with E-state index in [0.717, 1.165) is 16.8 Å². The van der Waals surface area contributed by atoms with Crippen molar-refractivity contribution in [1.29, 1.82) is 0 Å². The molecule has 2 aromatic carbocycles. The van der Waals surface area contributed by atoms with Crippen LogP contribution in [0.4, 0.5) is 0 Å². The minimum atomic E-state index is -0.110. The summed E-state index contributed by atoms with van der Waals surface area (Å²) in [6.45, 7) is 5.04. The molecule has 4 aromatic rings. The van der Waals surface area contributed by atoms with Gasteiger partial charge in [-0.05, 0) is 29.7 Å². The van der Waals surface area contributed by atoms with Crippen LogP contribution in [-0.4, -0.2) is 49.8 Å². The number of aliphatic hydroxyl groups excluding tert-OH is 1. The zero-order valence-corrected chi connectivity index (χ0v) is 17.8. The fourth-order valence-corrected chi connectivity index (χ4v) is 4.32. The highest BCUT2D eigenvalue weighted by atomic mass is 32.2. The van der Waals surface area contributed by atoms with Gasteiger partial charge in [0.05, 0.1) is 36.4 Å². The van der Waals surface area contributed by atoms with Gasteiger partial charge in [-0.15, -0.1) is 10.2 Å². The molecule has 0 spiro atoms. The van der Waals surface area contributed by atoms with E-state index < -0.39 is 0 Å². The number of aliphatic hydroxyl groups is 1. The van der Waals surface area contributed by atoms with E-state index in [4.69, 9.17) is 9.84 Å². The third kappa shape index (κ3) is 3.74. The van der Waals surface area contributed by atoms with Gasteiger partial charge in [0.2, 0.25) is 5.78 Å². The Balaban J connectivity index is 1.92. The number of hydrogen-bond acceptors (Lipinski definition) is 6. The molecule has 0 atom stereocenters. The molecule has 0 bridgehead atoms. The maximum atomic E-state index is 13.5. The molecule has 0 unspecified atom stereocenters. The quantitative estimate of drug-likeness (QED) is 0.345. The normalized spacial score (nSPS) is 11.7. The van der Waals surface area contributed by atoms with Gasteiger partial charge < -0.3 is 9.84 Å². The van der Waals surface area contributed by atoms with Gasteiger partial charge >= 0.3 is 0 Å². The Bertz CT molecular complexity index is 1230. The summed E-state index contributed by atoms with van der Waals surface area (Å²) in [4.78, 5) is 13.5. The summed E-state index contributed by atoms with van der Waals surface area (Å²) < 4.78 is 8.95. The van der Waals surface area contributed by atoms with E-state index in [9.17, 15) is 4.79 Å². The van der Waals surface area contributed by atoms with Crippen LogP contribution in [0.5, 0.6) is 0 Å². The summed E-state index contributed by atoms with van der Waals surface area (Å²) in [5, 5.41) is 18.9. The van der Waals surface area contributed by atoms with Crippen molar-refractivity contribution in [3.63, 3.8) is 0 Å². The van der Waals surface area contributed by atoms with E-state index in [-0.39, 0.29) is 18.1 Å². The SMILES string of the molecule is CC(C)c1ccccc1-n1c(=O)c2ccccc2n2c(SCCOCCO)nnc12. The van der Waals surface area contributed by atoms with Crippen LogP contribution in [0, 0.1) is 0 Å². The van der Waals surface area contributed by atoms with Crippen LogP contribution in [-0.2, 0) is 4.74 Å². The summed E-state index contributed by atoms with van der Waals surface area (Å²) in [7, 11) is 0. The molecule has 0 aliphatic heterocycles.